The van der Waals surface area contributed by atoms with Crippen molar-refractivity contribution < 1.29 is 13.2 Å². The predicted octanol–water partition coefficient (Wildman–Crippen LogP) is 1.69. The molecule has 1 unspecified atom stereocenters. The number of ether oxygens (including phenoxy) is 1. The molecule has 1 aromatic carbocycles. The number of aryl methyl sites for hydroxylation is 1. The molecule has 0 bridgehead atoms. The van der Waals surface area contributed by atoms with Crippen molar-refractivity contribution in [2.45, 2.75) is 38.1 Å². The molecule has 1 aromatic rings. The Hall–Kier alpha value is -1.11. The van der Waals surface area contributed by atoms with Crippen molar-refractivity contribution in [3.63, 3.8) is 0 Å². The van der Waals surface area contributed by atoms with Crippen LogP contribution in [0.2, 0.25) is 0 Å². The average molecular weight is 298 g/mol. The Labute approximate surface area is 120 Å². The van der Waals surface area contributed by atoms with Gasteiger partial charge in [0.2, 0.25) is 10.0 Å². The molecule has 1 heterocycles. The average Bonchev–Trinajstić information content (AvgIpc) is 2.44. The van der Waals surface area contributed by atoms with Crippen LogP contribution in [0, 0.1) is 13.8 Å². The van der Waals surface area contributed by atoms with Crippen molar-refractivity contribution in [3.8, 4) is 0 Å². The maximum atomic E-state index is 12.8. The molecular weight excluding hydrogens is 276 g/mol. The predicted molar refractivity (Wildman–Crippen MR) is 79.1 cm³/mol. The third-order valence-corrected chi connectivity index (χ3v) is 5.86. The fraction of sp³-hybridized carbons (Fsp3) is 0.571. The number of benzene rings is 1. The van der Waals surface area contributed by atoms with Crippen LogP contribution >= 0.6 is 0 Å². The molecule has 0 aromatic heterocycles. The van der Waals surface area contributed by atoms with Crippen LogP contribution in [-0.4, -0.2) is 38.5 Å². The van der Waals surface area contributed by atoms with E-state index in [1.165, 1.54) is 0 Å². The topological polar surface area (TPSA) is 72.6 Å². The molecule has 2 N–H and O–H groups in total. The van der Waals surface area contributed by atoms with Gasteiger partial charge in [-0.3, -0.25) is 0 Å². The van der Waals surface area contributed by atoms with Gasteiger partial charge in [-0.2, -0.15) is 4.31 Å². The summed E-state index contributed by atoms with van der Waals surface area (Å²) in [4.78, 5) is 0.276. The second-order valence-electron chi connectivity index (χ2n) is 5.21. The lowest BCUT2D eigenvalue weighted by atomic mass is 10.1. The molecule has 1 fully saturated rings. The molecule has 1 atom stereocenters. The highest BCUT2D eigenvalue weighted by molar-refractivity contribution is 7.89. The van der Waals surface area contributed by atoms with Crippen LogP contribution in [0.3, 0.4) is 0 Å². The summed E-state index contributed by atoms with van der Waals surface area (Å²) in [5, 5.41) is 0. The first-order valence-electron chi connectivity index (χ1n) is 6.84. The minimum atomic E-state index is -3.51. The van der Waals surface area contributed by atoms with E-state index in [1.807, 2.05) is 20.8 Å². The second-order valence-corrected chi connectivity index (χ2v) is 7.10. The number of anilines is 1. The van der Waals surface area contributed by atoms with Gasteiger partial charge in [-0.25, -0.2) is 8.42 Å². The molecule has 6 heteroatoms. The zero-order chi connectivity index (χ0) is 14.9. The van der Waals surface area contributed by atoms with Crippen molar-refractivity contribution in [3.05, 3.63) is 23.3 Å². The van der Waals surface area contributed by atoms with E-state index in [9.17, 15) is 8.42 Å². The van der Waals surface area contributed by atoms with E-state index in [-0.39, 0.29) is 10.9 Å². The van der Waals surface area contributed by atoms with Gasteiger partial charge in [0.05, 0.1) is 18.1 Å². The molecular formula is C14H22N2O3S. The van der Waals surface area contributed by atoms with Crippen LogP contribution in [0.25, 0.3) is 0 Å². The Morgan fingerprint density at radius 1 is 1.40 bits per heavy atom. The number of sulfonamides is 1. The van der Waals surface area contributed by atoms with E-state index in [2.05, 4.69) is 0 Å². The Balaban J connectivity index is 2.44. The molecule has 0 spiro atoms. The fourth-order valence-corrected chi connectivity index (χ4v) is 4.20. The highest BCUT2D eigenvalue weighted by Gasteiger charge is 2.33. The highest BCUT2D eigenvalue weighted by Crippen LogP contribution is 2.26. The zero-order valence-electron chi connectivity index (χ0n) is 12.2. The molecule has 0 radical (unpaired) electrons. The Kier molecular flexibility index (Phi) is 4.36. The number of nitrogen functional groups attached to an aromatic ring is 1. The molecule has 0 amide bonds. The monoisotopic (exact) mass is 298 g/mol. The van der Waals surface area contributed by atoms with E-state index >= 15 is 0 Å². The standard InChI is InChI=1S/C14H22N2O3S/c1-4-12-9-19-6-5-16(12)20(17,18)13-7-10(2)11(3)14(15)8-13/h7-8,12H,4-6,9,15H2,1-3H3. The lowest BCUT2D eigenvalue weighted by molar-refractivity contribution is 0.0314. The van der Waals surface area contributed by atoms with Crippen LogP contribution in [0.4, 0.5) is 5.69 Å². The van der Waals surface area contributed by atoms with Gasteiger partial charge in [0.15, 0.2) is 0 Å². The summed E-state index contributed by atoms with van der Waals surface area (Å²) in [6.45, 7) is 7.03. The van der Waals surface area contributed by atoms with Crippen molar-refractivity contribution in [2.75, 3.05) is 25.5 Å². The van der Waals surface area contributed by atoms with E-state index in [1.54, 1.807) is 16.4 Å². The normalized spacial score (nSPS) is 21.1. The lowest BCUT2D eigenvalue weighted by Gasteiger charge is -2.34. The Bertz CT molecular complexity index is 575. The first kappa shape index (κ1) is 15.3. The quantitative estimate of drug-likeness (QED) is 0.862. The van der Waals surface area contributed by atoms with Gasteiger partial charge in [-0.15, -0.1) is 0 Å². The maximum Gasteiger partial charge on any atom is 0.243 e. The molecule has 1 aliphatic rings. The van der Waals surface area contributed by atoms with Crippen LogP contribution in [-0.2, 0) is 14.8 Å². The summed E-state index contributed by atoms with van der Waals surface area (Å²) >= 11 is 0. The van der Waals surface area contributed by atoms with Gasteiger partial charge in [-0.05, 0) is 43.5 Å². The first-order valence-corrected chi connectivity index (χ1v) is 8.28. The van der Waals surface area contributed by atoms with Crippen LogP contribution in [0.5, 0.6) is 0 Å². The van der Waals surface area contributed by atoms with Crippen molar-refractivity contribution in [1.82, 2.24) is 4.31 Å². The molecule has 112 valence electrons. The molecule has 0 saturated carbocycles. The van der Waals surface area contributed by atoms with E-state index in [0.29, 0.717) is 25.4 Å². The van der Waals surface area contributed by atoms with Gasteiger partial charge in [0, 0.05) is 18.3 Å². The molecule has 2 rings (SSSR count). The Morgan fingerprint density at radius 2 is 2.10 bits per heavy atom. The zero-order valence-corrected chi connectivity index (χ0v) is 13.0. The molecule has 0 aliphatic carbocycles. The third-order valence-electron chi connectivity index (χ3n) is 3.93. The summed E-state index contributed by atoms with van der Waals surface area (Å²) in [6, 6.07) is 3.15. The van der Waals surface area contributed by atoms with Crippen molar-refractivity contribution >= 4 is 15.7 Å². The van der Waals surface area contributed by atoms with Crippen molar-refractivity contribution in [1.29, 1.82) is 0 Å². The molecule has 5 nitrogen and oxygen atoms in total. The van der Waals surface area contributed by atoms with E-state index < -0.39 is 10.0 Å². The number of morpholine rings is 1. The van der Waals surface area contributed by atoms with Crippen LogP contribution in [0.1, 0.15) is 24.5 Å². The van der Waals surface area contributed by atoms with Crippen molar-refractivity contribution in [2.24, 2.45) is 0 Å². The highest BCUT2D eigenvalue weighted by atomic mass is 32.2. The lowest BCUT2D eigenvalue weighted by Crippen LogP contribution is -2.48. The first-order chi connectivity index (χ1) is 9.37. The maximum absolute atomic E-state index is 12.8. The summed E-state index contributed by atoms with van der Waals surface area (Å²) in [7, 11) is -3.51. The second kappa shape index (κ2) is 5.71. The Morgan fingerprint density at radius 3 is 2.70 bits per heavy atom. The number of rotatable bonds is 3. The number of hydrogen-bond acceptors (Lipinski definition) is 4. The van der Waals surface area contributed by atoms with Gasteiger partial charge >= 0.3 is 0 Å². The largest absolute Gasteiger partial charge is 0.398 e. The summed E-state index contributed by atoms with van der Waals surface area (Å²) in [6.07, 6.45) is 0.736. The summed E-state index contributed by atoms with van der Waals surface area (Å²) in [5.41, 5.74) is 8.25. The molecule has 1 aliphatic heterocycles. The SMILES string of the molecule is CCC1COCCN1S(=O)(=O)c1cc(C)c(C)c(N)c1. The van der Waals surface area contributed by atoms with Gasteiger partial charge < -0.3 is 10.5 Å². The fourth-order valence-electron chi connectivity index (χ4n) is 2.41. The minimum absolute atomic E-state index is 0.100. The third kappa shape index (κ3) is 2.68. The van der Waals surface area contributed by atoms with Crippen LogP contribution in [0.15, 0.2) is 17.0 Å². The van der Waals surface area contributed by atoms with E-state index in [0.717, 1.165) is 17.5 Å². The summed E-state index contributed by atoms with van der Waals surface area (Å²) < 4.78 is 32.5. The van der Waals surface area contributed by atoms with Gasteiger partial charge in [0.25, 0.3) is 0 Å². The number of nitrogens with two attached hydrogens (primary N) is 1. The van der Waals surface area contributed by atoms with Crippen LogP contribution < -0.4 is 5.73 Å². The van der Waals surface area contributed by atoms with Gasteiger partial charge in [-0.1, -0.05) is 6.92 Å². The smallest absolute Gasteiger partial charge is 0.243 e. The number of hydrogen-bond donors (Lipinski definition) is 1. The minimum Gasteiger partial charge on any atom is -0.398 e. The number of nitrogens with zero attached hydrogens (tertiary/aromatic N) is 1. The van der Waals surface area contributed by atoms with Gasteiger partial charge in [0.1, 0.15) is 0 Å². The summed E-state index contributed by atoms with van der Waals surface area (Å²) in [5.74, 6) is 0. The molecule has 1 saturated heterocycles. The van der Waals surface area contributed by atoms with E-state index in [4.69, 9.17) is 10.5 Å². The molecule has 20 heavy (non-hydrogen) atoms.